The molecule has 1 amide bonds. The van der Waals surface area contributed by atoms with Crippen molar-refractivity contribution in [2.75, 3.05) is 31.8 Å². The summed E-state index contributed by atoms with van der Waals surface area (Å²) < 4.78 is 56.4. The third-order valence-corrected chi connectivity index (χ3v) is 8.29. The fourth-order valence-corrected chi connectivity index (χ4v) is 6.46. The second-order valence-corrected chi connectivity index (χ2v) is 11.0. The third-order valence-electron chi connectivity index (χ3n) is 5.05. The van der Waals surface area contributed by atoms with E-state index in [1.807, 2.05) is 0 Å². The zero-order valence-corrected chi connectivity index (χ0v) is 18.4. The zero-order chi connectivity index (χ0) is 21.9. The number of sulfone groups is 1. The third kappa shape index (κ3) is 4.82. The number of methoxy groups -OCH3 is 1. The van der Waals surface area contributed by atoms with Crippen LogP contribution in [-0.2, 0) is 24.7 Å². The predicted molar refractivity (Wildman–Crippen MR) is 113 cm³/mol. The Labute approximate surface area is 176 Å². The average Bonchev–Trinajstić information content (AvgIpc) is 2.74. The van der Waals surface area contributed by atoms with E-state index in [2.05, 4.69) is 5.32 Å². The van der Waals surface area contributed by atoms with Crippen LogP contribution < -0.4 is 10.1 Å². The Bertz CT molecular complexity index is 1120. The van der Waals surface area contributed by atoms with Gasteiger partial charge in [0.25, 0.3) is 0 Å². The highest BCUT2D eigenvalue weighted by atomic mass is 32.2. The minimum atomic E-state index is -3.98. The molecule has 1 saturated heterocycles. The molecule has 2 aromatic rings. The molecular formula is C20H24N2O6S2. The first-order valence-corrected chi connectivity index (χ1v) is 12.7. The largest absolute Gasteiger partial charge is 0.497 e. The number of piperidine rings is 1. The van der Waals surface area contributed by atoms with Crippen LogP contribution in [0.3, 0.4) is 0 Å². The van der Waals surface area contributed by atoms with Gasteiger partial charge in [-0.05, 0) is 49.2 Å². The molecule has 30 heavy (non-hydrogen) atoms. The van der Waals surface area contributed by atoms with Crippen LogP contribution in [0.15, 0.2) is 58.3 Å². The molecular weight excluding hydrogens is 428 g/mol. The first-order chi connectivity index (χ1) is 14.1. The molecule has 0 saturated carbocycles. The van der Waals surface area contributed by atoms with Crippen LogP contribution in [0, 0.1) is 5.92 Å². The van der Waals surface area contributed by atoms with Crippen molar-refractivity contribution < 1.29 is 26.4 Å². The van der Waals surface area contributed by atoms with Crippen LogP contribution in [0.5, 0.6) is 5.75 Å². The zero-order valence-electron chi connectivity index (χ0n) is 16.7. The maximum atomic E-state index is 13.0. The Kier molecular flexibility index (Phi) is 6.49. The number of nitrogens with zero attached hydrogens (tertiary/aromatic N) is 1. The van der Waals surface area contributed by atoms with E-state index in [1.165, 1.54) is 28.6 Å². The summed E-state index contributed by atoms with van der Waals surface area (Å²) in [6.07, 6.45) is 1.68. The molecule has 0 bridgehead atoms. The van der Waals surface area contributed by atoms with Crippen LogP contribution in [0.1, 0.15) is 12.8 Å². The molecule has 0 aliphatic carbocycles. The maximum Gasteiger partial charge on any atom is 0.244 e. The van der Waals surface area contributed by atoms with Crippen molar-refractivity contribution in [2.24, 2.45) is 5.92 Å². The van der Waals surface area contributed by atoms with Gasteiger partial charge in [0.1, 0.15) is 10.6 Å². The number of ether oxygens (including phenoxy) is 1. The number of hydrogen-bond donors (Lipinski definition) is 1. The molecule has 0 aromatic heterocycles. The maximum absolute atomic E-state index is 13.0. The molecule has 0 radical (unpaired) electrons. The number of hydrogen-bond acceptors (Lipinski definition) is 6. The predicted octanol–water partition coefficient (Wildman–Crippen LogP) is 2.14. The van der Waals surface area contributed by atoms with Crippen molar-refractivity contribution in [2.45, 2.75) is 22.6 Å². The van der Waals surface area contributed by atoms with Gasteiger partial charge >= 0.3 is 0 Å². The molecule has 162 valence electrons. The van der Waals surface area contributed by atoms with Gasteiger partial charge in [-0.15, -0.1) is 0 Å². The van der Waals surface area contributed by atoms with E-state index in [9.17, 15) is 21.6 Å². The summed E-state index contributed by atoms with van der Waals surface area (Å²) in [7, 11) is -6.12. The first kappa shape index (κ1) is 22.3. The molecule has 10 heteroatoms. The summed E-state index contributed by atoms with van der Waals surface area (Å²) in [4.78, 5) is 12.1. The lowest BCUT2D eigenvalue weighted by molar-refractivity contribution is -0.120. The lowest BCUT2D eigenvalue weighted by atomic mass is 9.97. The van der Waals surface area contributed by atoms with Crippen LogP contribution >= 0.6 is 0 Å². The van der Waals surface area contributed by atoms with Crippen molar-refractivity contribution in [3.63, 3.8) is 0 Å². The topological polar surface area (TPSA) is 110 Å². The molecule has 0 unspecified atom stereocenters. The van der Waals surface area contributed by atoms with Gasteiger partial charge in [0.05, 0.1) is 12.0 Å². The van der Waals surface area contributed by atoms with Crippen LogP contribution in [0.2, 0.25) is 0 Å². The Hall–Kier alpha value is -2.43. The summed E-state index contributed by atoms with van der Waals surface area (Å²) in [6.45, 7) is 0.280. The molecule has 2 aromatic carbocycles. The van der Waals surface area contributed by atoms with Gasteiger partial charge in [-0.3, -0.25) is 4.79 Å². The van der Waals surface area contributed by atoms with Gasteiger partial charge in [-0.2, -0.15) is 4.31 Å². The number of nitrogens with one attached hydrogen (secondary N) is 1. The Morgan fingerprint density at radius 1 is 0.967 bits per heavy atom. The number of anilines is 1. The monoisotopic (exact) mass is 452 g/mol. The minimum absolute atomic E-state index is 0.140. The number of amides is 1. The van der Waals surface area contributed by atoms with E-state index >= 15 is 0 Å². The lowest BCUT2D eigenvalue weighted by Gasteiger charge is -2.31. The van der Waals surface area contributed by atoms with Crippen molar-refractivity contribution >= 4 is 31.5 Å². The van der Waals surface area contributed by atoms with E-state index in [4.69, 9.17) is 4.74 Å². The number of carbonyl (C=O) groups excluding carboxylic acids is 1. The highest BCUT2D eigenvalue weighted by Crippen LogP contribution is 2.28. The van der Waals surface area contributed by atoms with E-state index < -0.39 is 19.9 Å². The summed E-state index contributed by atoms with van der Waals surface area (Å²) >= 11 is 0. The van der Waals surface area contributed by atoms with E-state index in [0.717, 1.165) is 6.26 Å². The van der Waals surface area contributed by atoms with Gasteiger partial charge in [0.2, 0.25) is 15.9 Å². The van der Waals surface area contributed by atoms with E-state index in [0.29, 0.717) is 24.3 Å². The Morgan fingerprint density at radius 3 is 2.07 bits per heavy atom. The molecule has 3 rings (SSSR count). The standard InChI is InChI=1S/C20H24N2O6S2/c1-28-17-9-7-16(8-10-17)21-20(23)15-11-13-22(14-12-15)30(26,27)19-6-4-3-5-18(19)29(2,24)25/h3-10,15H,11-14H2,1-2H3,(H,21,23). The van der Waals surface area contributed by atoms with Crippen molar-refractivity contribution in [3.05, 3.63) is 48.5 Å². The molecule has 1 heterocycles. The molecule has 8 nitrogen and oxygen atoms in total. The molecule has 1 aliphatic heterocycles. The van der Waals surface area contributed by atoms with Gasteiger partial charge in [0, 0.05) is 31.0 Å². The summed E-state index contributed by atoms with van der Waals surface area (Å²) in [5, 5.41) is 2.84. The fourth-order valence-electron chi connectivity index (χ4n) is 3.39. The van der Waals surface area contributed by atoms with Gasteiger partial charge in [-0.1, -0.05) is 12.1 Å². The average molecular weight is 453 g/mol. The normalized spacial score (nSPS) is 16.2. The first-order valence-electron chi connectivity index (χ1n) is 9.37. The number of rotatable bonds is 6. The van der Waals surface area contributed by atoms with Crippen molar-refractivity contribution in [3.8, 4) is 5.75 Å². The quantitative estimate of drug-likeness (QED) is 0.719. The molecule has 1 aliphatic rings. The molecule has 1 fully saturated rings. The summed E-state index contributed by atoms with van der Waals surface area (Å²) in [5.41, 5.74) is 0.637. The fraction of sp³-hybridized carbons (Fsp3) is 0.350. The molecule has 1 N–H and O–H groups in total. The minimum Gasteiger partial charge on any atom is -0.497 e. The molecule has 0 atom stereocenters. The Balaban J connectivity index is 1.68. The summed E-state index contributed by atoms with van der Waals surface area (Å²) in [6, 6.07) is 12.5. The van der Waals surface area contributed by atoms with Crippen LogP contribution in [0.25, 0.3) is 0 Å². The molecule has 0 spiro atoms. The summed E-state index contributed by atoms with van der Waals surface area (Å²) in [5.74, 6) is 0.179. The Morgan fingerprint density at radius 2 is 1.53 bits per heavy atom. The SMILES string of the molecule is COc1ccc(NC(=O)C2CCN(S(=O)(=O)c3ccccc3S(C)(=O)=O)CC2)cc1. The van der Waals surface area contributed by atoms with Crippen molar-refractivity contribution in [1.29, 1.82) is 0 Å². The second-order valence-electron chi connectivity index (χ2n) is 7.12. The van der Waals surface area contributed by atoms with Crippen LogP contribution in [0.4, 0.5) is 5.69 Å². The van der Waals surface area contributed by atoms with Crippen LogP contribution in [-0.4, -0.2) is 53.5 Å². The van der Waals surface area contributed by atoms with E-state index in [-0.39, 0.29) is 34.7 Å². The van der Waals surface area contributed by atoms with Gasteiger partial charge < -0.3 is 10.1 Å². The number of benzene rings is 2. The highest BCUT2D eigenvalue weighted by molar-refractivity contribution is 7.93. The second kappa shape index (κ2) is 8.75. The van der Waals surface area contributed by atoms with E-state index in [1.54, 1.807) is 31.4 Å². The smallest absolute Gasteiger partial charge is 0.244 e. The number of sulfonamides is 1. The van der Waals surface area contributed by atoms with Crippen molar-refractivity contribution in [1.82, 2.24) is 4.31 Å². The lowest BCUT2D eigenvalue weighted by Crippen LogP contribution is -2.41. The van der Waals surface area contributed by atoms with Gasteiger partial charge in [0.15, 0.2) is 9.84 Å². The number of carbonyl (C=O) groups is 1. The highest BCUT2D eigenvalue weighted by Gasteiger charge is 2.34. The van der Waals surface area contributed by atoms with Gasteiger partial charge in [-0.25, -0.2) is 16.8 Å².